The second-order valence-electron chi connectivity index (χ2n) is 9.91. The van der Waals surface area contributed by atoms with E-state index in [9.17, 15) is 9.59 Å². The topological polar surface area (TPSA) is 105 Å². The summed E-state index contributed by atoms with van der Waals surface area (Å²) in [5.74, 6) is 0.693. The number of rotatable bonds is 6. The Balaban J connectivity index is 1.39. The molecular formula is C25H28ClN7O2. The van der Waals surface area contributed by atoms with E-state index in [1.54, 1.807) is 4.68 Å². The minimum Gasteiger partial charge on any atom is -0.332 e. The summed E-state index contributed by atoms with van der Waals surface area (Å²) in [4.78, 5) is 36.5. The maximum Gasteiger partial charge on any atom is 0.235 e. The van der Waals surface area contributed by atoms with Crippen LogP contribution in [0.1, 0.15) is 56.0 Å². The SMILES string of the molecule is CC(C)NCC(C(=O)N1Cc2cn(-c3ncnc4c3C(C)(C)C(=O)N4)nc2C1)c1ccc(Cl)cc1. The van der Waals surface area contributed by atoms with Crippen molar-refractivity contribution in [1.82, 2.24) is 30.0 Å². The van der Waals surface area contributed by atoms with Gasteiger partial charge in [0.2, 0.25) is 11.8 Å². The molecule has 0 saturated heterocycles. The first kappa shape index (κ1) is 23.4. The number of amides is 2. The summed E-state index contributed by atoms with van der Waals surface area (Å²) >= 11 is 6.07. The number of halogens is 1. The van der Waals surface area contributed by atoms with Crippen molar-refractivity contribution in [1.29, 1.82) is 0 Å². The van der Waals surface area contributed by atoms with Crippen LogP contribution in [0.15, 0.2) is 36.8 Å². The van der Waals surface area contributed by atoms with E-state index in [0.717, 1.165) is 22.4 Å². The molecular weight excluding hydrogens is 466 g/mol. The zero-order valence-electron chi connectivity index (χ0n) is 20.2. The smallest absolute Gasteiger partial charge is 0.235 e. The van der Waals surface area contributed by atoms with Crippen LogP contribution in [0.4, 0.5) is 5.82 Å². The van der Waals surface area contributed by atoms with Gasteiger partial charge in [-0.15, -0.1) is 0 Å². The molecule has 1 atom stereocenters. The van der Waals surface area contributed by atoms with Crippen molar-refractivity contribution in [2.24, 2.45) is 0 Å². The molecule has 2 aromatic heterocycles. The zero-order valence-corrected chi connectivity index (χ0v) is 20.9. The predicted molar refractivity (Wildman–Crippen MR) is 132 cm³/mol. The average Bonchev–Trinajstić information content (AvgIpc) is 3.45. The van der Waals surface area contributed by atoms with E-state index in [1.165, 1.54) is 6.33 Å². The molecule has 0 aliphatic carbocycles. The standard InChI is InChI=1S/C25H28ClN7O2/c1-14(2)27-9-18(15-5-7-17(26)8-6-15)23(34)32-10-16-11-33(31-19(16)12-32)22-20-21(28-13-29-22)30-24(35)25(20,3)4/h5-8,11,13-14,18,27H,9-10,12H2,1-4H3,(H,28,29,30,35). The van der Waals surface area contributed by atoms with Gasteiger partial charge >= 0.3 is 0 Å². The van der Waals surface area contributed by atoms with Gasteiger partial charge in [0.25, 0.3) is 0 Å². The van der Waals surface area contributed by atoms with Crippen molar-refractivity contribution in [2.75, 3.05) is 11.9 Å². The van der Waals surface area contributed by atoms with Gasteiger partial charge < -0.3 is 15.5 Å². The van der Waals surface area contributed by atoms with Crippen LogP contribution in [-0.4, -0.2) is 49.0 Å². The van der Waals surface area contributed by atoms with E-state index in [0.29, 0.717) is 36.3 Å². The predicted octanol–water partition coefficient (Wildman–Crippen LogP) is 3.17. The number of hydrogen-bond acceptors (Lipinski definition) is 6. The van der Waals surface area contributed by atoms with Gasteiger partial charge in [-0.2, -0.15) is 5.10 Å². The highest BCUT2D eigenvalue weighted by atomic mass is 35.5. The van der Waals surface area contributed by atoms with Crippen LogP contribution in [0.25, 0.3) is 5.82 Å². The lowest BCUT2D eigenvalue weighted by Crippen LogP contribution is -2.38. The van der Waals surface area contributed by atoms with Crippen LogP contribution in [0.3, 0.4) is 0 Å². The molecule has 1 unspecified atom stereocenters. The minimum atomic E-state index is -0.764. The molecule has 35 heavy (non-hydrogen) atoms. The maximum atomic E-state index is 13.6. The van der Waals surface area contributed by atoms with Crippen molar-refractivity contribution in [3.63, 3.8) is 0 Å². The van der Waals surface area contributed by atoms with Crippen molar-refractivity contribution in [3.05, 3.63) is 64.2 Å². The molecule has 2 aliphatic rings. The van der Waals surface area contributed by atoms with E-state index >= 15 is 0 Å². The molecule has 0 spiro atoms. The quantitative estimate of drug-likeness (QED) is 0.546. The third-order valence-corrected chi connectivity index (χ3v) is 6.91. The molecule has 9 nitrogen and oxygen atoms in total. The Labute approximate surface area is 208 Å². The molecule has 0 saturated carbocycles. The Bertz CT molecular complexity index is 1280. The van der Waals surface area contributed by atoms with Crippen LogP contribution in [0.5, 0.6) is 0 Å². The van der Waals surface area contributed by atoms with Gasteiger partial charge in [0.05, 0.1) is 29.1 Å². The lowest BCUT2D eigenvalue weighted by molar-refractivity contribution is -0.133. The molecule has 1 aromatic carbocycles. The molecule has 0 fully saturated rings. The number of nitrogens with zero attached hydrogens (tertiary/aromatic N) is 5. The number of carbonyl (C=O) groups is 2. The van der Waals surface area contributed by atoms with Crippen LogP contribution in [0, 0.1) is 0 Å². The molecule has 2 N–H and O–H groups in total. The van der Waals surface area contributed by atoms with E-state index in [1.807, 2.05) is 49.2 Å². The minimum absolute atomic E-state index is 0.0453. The Morgan fingerprint density at radius 2 is 1.94 bits per heavy atom. The van der Waals surface area contributed by atoms with Gasteiger partial charge in [-0.25, -0.2) is 14.6 Å². The summed E-state index contributed by atoms with van der Waals surface area (Å²) in [5, 5.41) is 11.6. The summed E-state index contributed by atoms with van der Waals surface area (Å²) in [6, 6.07) is 7.72. The van der Waals surface area contributed by atoms with Gasteiger partial charge in [0, 0.05) is 35.9 Å². The summed E-state index contributed by atoms with van der Waals surface area (Å²) < 4.78 is 1.70. The van der Waals surface area contributed by atoms with Gasteiger partial charge in [0.1, 0.15) is 12.1 Å². The fourth-order valence-electron chi connectivity index (χ4n) is 4.63. The van der Waals surface area contributed by atoms with Gasteiger partial charge in [0.15, 0.2) is 5.82 Å². The van der Waals surface area contributed by atoms with Crippen LogP contribution < -0.4 is 10.6 Å². The van der Waals surface area contributed by atoms with Gasteiger partial charge in [-0.3, -0.25) is 9.59 Å². The third-order valence-electron chi connectivity index (χ3n) is 6.66. The van der Waals surface area contributed by atoms with Crippen LogP contribution in [0.2, 0.25) is 5.02 Å². The second-order valence-corrected chi connectivity index (χ2v) is 10.3. The normalized spacial score (nSPS) is 16.9. The van der Waals surface area contributed by atoms with Gasteiger partial charge in [-0.05, 0) is 31.5 Å². The molecule has 0 radical (unpaired) electrons. The highest BCUT2D eigenvalue weighted by molar-refractivity contribution is 6.30. The molecule has 182 valence electrons. The Hall–Kier alpha value is -3.30. The summed E-state index contributed by atoms with van der Waals surface area (Å²) in [6.45, 7) is 9.24. The lowest BCUT2D eigenvalue weighted by Gasteiger charge is -2.25. The summed E-state index contributed by atoms with van der Waals surface area (Å²) in [5.41, 5.74) is 2.68. The zero-order chi connectivity index (χ0) is 24.9. The average molecular weight is 494 g/mol. The first-order chi connectivity index (χ1) is 16.6. The molecule has 0 bridgehead atoms. The van der Waals surface area contributed by atoms with Crippen molar-refractivity contribution < 1.29 is 9.59 Å². The number of aromatic nitrogens is 4. The van der Waals surface area contributed by atoms with E-state index in [4.69, 9.17) is 16.7 Å². The van der Waals surface area contributed by atoms with Crippen LogP contribution in [-0.2, 0) is 28.1 Å². The number of nitrogens with one attached hydrogen (secondary N) is 2. The highest BCUT2D eigenvalue weighted by Crippen LogP contribution is 2.39. The Morgan fingerprint density at radius 1 is 1.20 bits per heavy atom. The van der Waals surface area contributed by atoms with E-state index in [-0.39, 0.29) is 23.8 Å². The fourth-order valence-corrected chi connectivity index (χ4v) is 4.76. The second kappa shape index (κ2) is 8.73. The summed E-state index contributed by atoms with van der Waals surface area (Å²) in [7, 11) is 0. The molecule has 2 amide bonds. The van der Waals surface area contributed by atoms with E-state index in [2.05, 4.69) is 34.4 Å². The number of hydrogen-bond donors (Lipinski definition) is 2. The number of anilines is 1. The first-order valence-electron chi connectivity index (χ1n) is 11.7. The third kappa shape index (κ3) is 4.19. The fraction of sp³-hybridized carbons (Fsp3) is 0.400. The van der Waals surface area contributed by atoms with Crippen molar-refractivity contribution in [2.45, 2.75) is 58.2 Å². The molecule has 3 aromatic rings. The first-order valence-corrected chi connectivity index (χ1v) is 12.0. The van der Waals surface area contributed by atoms with E-state index < -0.39 is 5.41 Å². The number of benzene rings is 1. The molecule has 2 aliphatic heterocycles. The monoisotopic (exact) mass is 493 g/mol. The van der Waals surface area contributed by atoms with Crippen molar-refractivity contribution >= 4 is 29.2 Å². The Morgan fingerprint density at radius 3 is 2.63 bits per heavy atom. The number of carbonyl (C=O) groups excluding carboxylic acids is 2. The summed E-state index contributed by atoms with van der Waals surface area (Å²) in [6.07, 6.45) is 3.32. The maximum absolute atomic E-state index is 13.6. The highest BCUT2D eigenvalue weighted by Gasteiger charge is 2.43. The largest absolute Gasteiger partial charge is 0.332 e. The Kier molecular flexibility index (Phi) is 5.85. The molecule has 5 rings (SSSR count). The molecule has 10 heteroatoms. The van der Waals surface area contributed by atoms with Crippen molar-refractivity contribution in [3.8, 4) is 5.82 Å². The number of fused-ring (bicyclic) bond motifs is 2. The molecule has 4 heterocycles. The van der Waals surface area contributed by atoms with Crippen LogP contribution >= 0.6 is 11.6 Å². The van der Waals surface area contributed by atoms with Gasteiger partial charge in [-0.1, -0.05) is 37.6 Å². The lowest BCUT2D eigenvalue weighted by atomic mass is 9.87.